The molecule has 3 aromatic rings. The molecular weight excluding hydrogens is 337 g/mol. The van der Waals surface area contributed by atoms with Crippen LogP contribution in [0.4, 0.5) is 10.1 Å². The number of hydrogen-bond donors (Lipinski definition) is 2. The first-order chi connectivity index (χ1) is 12.6. The zero-order valence-electron chi connectivity index (χ0n) is 14.9. The largest absolute Gasteiger partial charge is 0.375 e. The molecule has 8 heteroatoms. The summed E-state index contributed by atoms with van der Waals surface area (Å²) in [4.78, 5) is 31.4. The van der Waals surface area contributed by atoms with Crippen LogP contribution in [0, 0.1) is 5.82 Å². The number of aromatic amines is 1. The lowest BCUT2D eigenvalue weighted by molar-refractivity contribution is 0.613. The summed E-state index contributed by atoms with van der Waals surface area (Å²) >= 11 is 0. The standard InChI is InChI=1S/C18H22FN5O2/c1-3-5-10-24-16-15(17(25)22-18(24)26)23(4-2)14(21-16)11-20-13-9-7-6-8-12(13)19/h6-9,20H,3-5,10-11H2,1-2H3,(H,22,25,26). The number of rotatable bonds is 7. The Bertz CT molecular complexity index is 1030. The number of unbranched alkanes of at least 4 members (excludes halogenated alkanes) is 1. The summed E-state index contributed by atoms with van der Waals surface area (Å²) < 4.78 is 17.1. The number of aryl methyl sites for hydroxylation is 2. The van der Waals surface area contributed by atoms with Gasteiger partial charge >= 0.3 is 5.69 Å². The number of fused-ring (bicyclic) bond motifs is 1. The molecule has 2 N–H and O–H groups in total. The molecule has 7 nitrogen and oxygen atoms in total. The quantitative estimate of drug-likeness (QED) is 0.679. The molecule has 26 heavy (non-hydrogen) atoms. The van der Waals surface area contributed by atoms with Crippen LogP contribution in [-0.4, -0.2) is 19.1 Å². The molecule has 0 saturated heterocycles. The van der Waals surface area contributed by atoms with Gasteiger partial charge < -0.3 is 9.88 Å². The summed E-state index contributed by atoms with van der Waals surface area (Å²) in [6.07, 6.45) is 1.73. The Morgan fingerprint density at radius 3 is 2.65 bits per heavy atom. The van der Waals surface area contributed by atoms with Gasteiger partial charge in [0, 0.05) is 13.1 Å². The summed E-state index contributed by atoms with van der Waals surface area (Å²) in [6.45, 7) is 5.17. The molecule has 0 amide bonds. The minimum Gasteiger partial charge on any atom is -0.375 e. The zero-order valence-corrected chi connectivity index (χ0v) is 14.9. The molecule has 0 spiro atoms. The van der Waals surface area contributed by atoms with Gasteiger partial charge in [0.15, 0.2) is 11.2 Å². The first kappa shape index (κ1) is 17.9. The van der Waals surface area contributed by atoms with Crippen molar-refractivity contribution in [1.29, 1.82) is 0 Å². The van der Waals surface area contributed by atoms with Crippen molar-refractivity contribution >= 4 is 16.9 Å². The summed E-state index contributed by atoms with van der Waals surface area (Å²) in [5, 5.41) is 3.00. The Morgan fingerprint density at radius 1 is 1.19 bits per heavy atom. The Balaban J connectivity index is 2.05. The summed E-state index contributed by atoms with van der Waals surface area (Å²) in [5.74, 6) is 0.219. The number of aromatic nitrogens is 4. The van der Waals surface area contributed by atoms with Gasteiger partial charge in [0.2, 0.25) is 0 Å². The number of nitrogens with one attached hydrogen (secondary N) is 2. The molecule has 0 aliphatic carbocycles. The van der Waals surface area contributed by atoms with Crippen molar-refractivity contribution in [3.8, 4) is 0 Å². The lowest BCUT2D eigenvalue weighted by Crippen LogP contribution is -2.31. The average Bonchev–Trinajstić information content (AvgIpc) is 2.99. The van der Waals surface area contributed by atoms with Crippen LogP contribution in [0.3, 0.4) is 0 Å². The molecule has 0 aliphatic heterocycles. The molecule has 138 valence electrons. The number of H-pyrrole nitrogens is 1. The fourth-order valence-corrected chi connectivity index (χ4v) is 3.00. The molecule has 0 aliphatic rings. The molecule has 0 unspecified atom stereocenters. The molecule has 0 radical (unpaired) electrons. The monoisotopic (exact) mass is 359 g/mol. The van der Waals surface area contributed by atoms with Crippen LogP contribution in [0.15, 0.2) is 33.9 Å². The normalized spacial score (nSPS) is 11.2. The van der Waals surface area contributed by atoms with E-state index in [-0.39, 0.29) is 12.4 Å². The van der Waals surface area contributed by atoms with E-state index in [1.165, 1.54) is 10.6 Å². The maximum absolute atomic E-state index is 13.8. The van der Waals surface area contributed by atoms with Crippen molar-refractivity contribution in [1.82, 2.24) is 19.1 Å². The first-order valence-electron chi connectivity index (χ1n) is 8.77. The van der Waals surface area contributed by atoms with Gasteiger partial charge in [-0.2, -0.15) is 0 Å². The van der Waals surface area contributed by atoms with Crippen molar-refractivity contribution in [2.45, 2.75) is 46.3 Å². The Morgan fingerprint density at radius 2 is 1.96 bits per heavy atom. The van der Waals surface area contributed by atoms with E-state index in [1.807, 2.05) is 13.8 Å². The van der Waals surface area contributed by atoms with Crippen LogP contribution in [0.25, 0.3) is 11.2 Å². The third-order valence-electron chi connectivity index (χ3n) is 4.33. The first-order valence-corrected chi connectivity index (χ1v) is 8.77. The maximum atomic E-state index is 13.8. The molecule has 0 atom stereocenters. The fourth-order valence-electron chi connectivity index (χ4n) is 3.00. The van der Waals surface area contributed by atoms with Gasteiger partial charge in [-0.3, -0.25) is 14.3 Å². The summed E-state index contributed by atoms with van der Waals surface area (Å²) in [6, 6.07) is 6.37. The number of nitrogens with zero attached hydrogens (tertiary/aromatic N) is 3. The van der Waals surface area contributed by atoms with E-state index in [0.717, 1.165) is 12.8 Å². The van der Waals surface area contributed by atoms with Gasteiger partial charge in [-0.15, -0.1) is 0 Å². The van der Waals surface area contributed by atoms with Gasteiger partial charge in [-0.05, 0) is 25.5 Å². The highest BCUT2D eigenvalue weighted by atomic mass is 19.1. The Labute approximate surface area is 149 Å². The number of anilines is 1. The maximum Gasteiger partial charge on any atom is 0.330 e. The van der Waals surface area contributed by atoms with Gasteiger partial charge in [0.1, 0.15) is 11.6 Å². The highest BCUT2D eigenvalue weighted by Gasteiger charge is 2.17. The average molecular weight is 359 g/mol. The second kappa shape index (κ2) is 7.55. The molecule has 0 fully saturated rings. The summed E-state index contributed by atoms with van der Waals surface area (Å²) in [7, 11) is 0. The smallest absolute Gasteiger partial charge is 0.330 e. The van der Waals surface area contributed by atoms with Crippen molar-refractivity contribution in [2.75, 3.05) is 5.32 Å². The van der Waals surface area contributed by atoms with Gasteiger partial charge in [-0.25, -0.2) is 14.2 Å². The van der Waals surface area contributed by atoms with E-state index in [0.29, 0.717) is 35.8 Å². The lowest BCUT2D eigenvalue weighted by Gasteiger charge is -2.09. The molecular formula is C18H22FN5O2. The van der Waals surface area contributed by atoms with Crippen molar-refractivity contribution < 1.29 is 4.39 Å². The van der Waals surface area contributed by atoms with E-state index < -0.39 is 11.2 Å². The van der Waals surface area contributed by atoms with Crippen LogP contribution in [0.5, 0.6) is 0 Å². The van der Waals surface area contributed by atoms with E-state index in [2.05, 4.69) is 15.3 Å². The Hall–Kier alpha value is -2.90. The third-order valence-corrected chi connectivity index (χ3v) is 4.33. The highest BCUT2D eigenvalue weighted by molar-refractivity contribution is 5.71. The van der Waals surface area contributed by atoms with E-state index in [1.54, 1.807) is 22.8 Å². The molecule has 2 heterocycles. The van der Waals surface area contributed by atoms with E-state index in [9.17, 15) is 14.0 Å². The van der Waals surface area contributed by atoms with Gasteiger partial charge in [0.05, 0.1) is 12.2 Å². The molecule has 0 saturated carbocycles. The predicted octanol–water partition coefficient (Wildman–Crippen LogP) is 2.46. The lowest BCUT2D eigenvalue weighted by atomic mass is 10.3. The second-order valence-corrected chi connectivity index (χ2v) is 6.04. The summed E-state index contributed by atoms with van der Waals surface area (Å²) in [5.41, 5.74) is 0.196. The highest BCUT2D eigenvalue weighted by Crippen LogP contribution is 2.16. The molecule has 1 aromatic carbocycles. The molecule has 2 aromatic heterocycles. The Kier molecular flexibility index (Phi) is 5.20. The van der Waals surface area contributed by atoms with Crippen LogP contribution in [-0.2, 0) is 19.6 Å². The van der Waals surface area contributed by atoms with Crippen LogP contribution in [0.2, 0.25) is 0 Å². The van der Waals surface area contributed by atoms with Crippen molar-refractivity contribution in [3.05, 3.63) is 56.7 Å². The van der Waals surface area contributed by atoms with E-state index in [4.69, 9.17) is 0 Å². The minimum atomic E-state index is -0.454. The zero-order chi connectivity index (χ0) is 18.7. The van der Waals surface area contributed by atoms with Crippen LogP contribution in [0.1, 0.15) is 32.5 Å². The van der Waals surface area contributed by atoms with Crippen LogP contribution < -0.4 is 16.6 Å². The topological polar surface area (TPSA) is 84.7 Å². The van der Waals surface area contributed by atoms with E-state index >= 15 is 0 Å². The number of hydrogen-bond acceptors (Lipinski definition) is 4. The van der Waals surface area contributed by atoms with Crippen molar-refractivity contribution in [3.63, 3.8) is 0 Å². The number of para-hydroxylation sites is 1. The fraction of sp³-hybridized carbons (Fsp3) is 0.389. The SMILES string of the molecule is CCCCn1c(=O)[nH]c(=O)c2c1nc(CNc1ccccc1F)n2CC. The molecule has 3 rings (SSSR count). The third kappa shape index (κ3) is 3.26. The van der Waals surface area contributed by atoms with Gasteiger partial charge in [-0.1, -0.05) is 25.5 Å². The molecule has 0 bridgehead atoms. The number of imidazole rings is 1. The number of halogens is 1. The number of benzene rings is 1. The van der Waals surface area contributed by atoms with Crippen molar-refractivity contribution in [2.24, 2.45) is 0 Å². The predicted molar refractivity (Wildman–Crippen MR) is 98.9 cm³/mol. The minimum absolute atomic E-state index is 0.241. The van der Waals surface area contributed by atoms with Crippen LogP contribution >= 0.6 is 0 Å². The second-order valence-electron chi connectivity index (χ2n) is 6.04. The van der Waals surface area contributed by atoms with Gasteiger partial charge in [0.25, 0.3) is 5.56 Å².